The van der Waals surface area contributed by atoms with Gasteiger partial charge in [0.05, 0.1) is 12.8 Å². The SMILES string of the molecule is OCc1cc(F)cnc1N1CCC(CO)CC1. The third kappa shape index (κ3) is 2.73. The Morgan fingerprint density at radius 3 is 2.65 bits per heavy atom. The number of aliphatic hydroxyl groups excluding tert-OH is 2. The molecule has 1 fully saturated rings. The molecule has 0 aliphatic carbocycles. The van der Waals surface area contributed by atoms with Crippen LogP contribution in [0.3, 0.4) is 0 Å². The highest BCUT2D eigenvalue weighted by atomic mass is 19.1. The number of nitrogens with zero attached hydrogens (tertiary/aromatic N) is 2. The average molecular weight is 240 g/mol. The molecule has 1 saturated heterocycles. The highest BCUT2D eigenvalue weighted by molar-refractivity contribution is 5.46. The topological polar surface area (TPSA) is 56.6 Å². The summed E-state index contributed by atoms with van der Waals surface area (Å²) in [6.45, 7) is 1.59. The minimum absolute atomic E-state index is 0.208. The van der Waals surface area contributed by atoms with E-state index in [-0.39, 0.29) is 13.2 Å². The molecule has 1 aromatic heterocycles. The van der Waals surface area contributed by atoms with Gasteiger partial charge in [-0.1, -0.05) is 0 Å². The van der Waals surface area contributed by atoms with E-state index in [0.29, 0.717) is 17.3 Å². The first kappa shape index (κ1) is 12.3. The fourth-order valence-corrected chi connectivity index (χ4v) is 2.20. The standard InChI is InChI=1S/C12H17FN2O2/c13-11-5-10(8-17)12(14-6-11)15-3-1-9(7-16)2-4-15/h5-6,9,16-17H,1-4,7-8H2. The van der Waals surface area contributed by atoms with Crippen LogP contribution in [0, 0.1) is 11.7 Å². The Hall–Kier alpha value is -1.20. The maximum atomic E-state index is 13.0. The third-order valence-corrected chi connectivity index (χ3v) is 3.25. The van der Waals surface area contributed by atoms with Gasteiger partial charge in [-0.25, -0.2) is 9.37 Å². The Morgan fingerprint density at radius 2 is 2.06 bits per heavy atom. The lowest BCUT2D eigenvalue weighted by atomic mass is 9.97. The maximum absolute atomic E-state index is 13.0. The normalized spacial score (nSPS) is 17.5. The van der Waals surface area contributed by atoms with Crippen molar-refractivity contribution >= 4 is 5.82 Å². The average Bonchev–Trinajstić information content (AvgIpc) is 2.39. The van der Waals surface area contributed by atoms with Gasteiger partial charge >= 0.3 is 0 Å². The predicted molar refractivity (Wildman–Crippen MR) is 62.1 cm³/mol. The van der Waals surface area contributed by atoms with Crippen LogP contribution in [-0.4, -0.2) is 34.9 Å². The van der Waals surface area contributed by atoms with Crippen LogP contribution in [0.5, 0.6) is 0 Å². The smallest absolute Gasteiger partial charge is 0.142 e. The molecule has 5 heteroatoms. The summed E-state index contributed by atoms with van der Waals surface area (Å²) in [7, 11) is 0. The number of hydrogen-bond acceptors (Lipinski definition) is 4. The Balaban J connectivity index is 2.12. The molecule has 0 saturated carbocycles. The van der Waals surface area contributed by atoms with Crippen LogP contribution in [0.25, 0.3) is 0 Å². The predicted octanol–water partition coefficient (Wildman–Crippen LogP) is 0.922. The van der Waals surface area contributed by atoms with Crippen LogP contribution >= 0.6 is 0 Å². The van der Waals surface area contributed by atoms with Crippen LogP contribution in [0.4, 0.5) is 10.2 Å². The van der Waals surface area contributed by atoms with Crippen molar-refractivity contribution in [2.45, 2.75) is 19.4 Å². The zero-order valence-corrected chi connectivity index (χ0v) is 9.64. The summed E-state index contributed by atoms with van der Waals surface area (Å²) in [5.41, 5.74) is 0.521. The van der Waals surface area contributed by atoms with Crippen LogP contribution in [0.15, 0.2) is 12.3 Å². The Kier molecular flexibility index (Phi) is 3.91. The van der Waals surface area contributed by atoms with E-state index in [2.05, 4.69) is 4.98 Å². The molecule has 0 unspecified atom stereocenters. The Labute approximate surface area is 99.7 Å². The van der Waals surface area contributed by atoms with Gasteiger partial charge in [0.25, 0.3) is 0 Å². The maximum Gasteiger partial charge on any atom is 0.142 e. The van der Waals surface area contributed by atoms with Crippen LogP contribution in [0.1, 0.15) is 18.4 Å². The van der Waals surface area contributed by atoms with E-state index in [0.717, 1.165) is 25.9 Å². The van der Waals surface area contributed by atoms with Crippen molar-refractivity contribution < 1.29 is 14.6 Å². The second-order valence-electron chi connectivity index (χ2n) is 4.41. The molecule has 1 aromatic rings. The van der Waals surface area contributed by atoms with Gasteiger partial charge in [0, 0.05) is 25.3 Å². The van der Waals surface area contributed by atoms with Crippen molar-refractivity contribution in [1.29, 1.82) is 0 Å². The van der Waals surface area contributed by atoms with E-state index in [1.807, 2.05) is 4.90 Å². The molecule has 0 aromatic carbocycles. The number of aromatic nitrogens is 1. The van der Waals surface area contributed by atoms with Crippen LogP contribution in [0.2, 0.25) is 0 Å². The van der Waals surface area contributed by atoms with Crippen molar-refractivity contribution in [3.63, 3.8) is 0 Å². The molecule has 0 atom stereocenters. The highest BCUT2D eigenvalue weighted by Crippen LogP contribution is 2.24. The van der Waals surface area contributed by atoms with Crippen molar-refractivity contribution in [2.75, 3.05) is 24.6 Å². The zero-order valence-electron chi connectivity index (χ0n) is 9.64. The summed E-state index contributed by atoms with van der Waals surface area (Å²) < 4.78 is 13.0. The number of rotatable bonds is 3. The summed E-state index contributed by atoms with van der Waals surface area (Å²) in [6, 6.07) is 1.32. The molecule has 0 amide bonds. The molecular weight excluding hydrogens is 223 g/mol. The minimum Gasteiger partial charge on any atom is -0.396 e. The van der Waals surface area contributed by atoms with Crippen molar-refractivity contribution in [1.82, 2.24) is 4.98 Å². The second-order valence-corrected chi connectivity index (χ2v) is 4.41. The zero-order chi connectivity index (χ0) is 12.3. The van der Waals surface area contributed by atoms with Gasteiger partial charge in [-0.05, 0) is 24.8 Å². The highest BCUT2D eigenvalue weighted by Gasteiger charge is 2.21. The van der Waals surface area contributed by atoms with Gasteiger partial charge in [-0.2, -0.15) is 0 Å². The summed E-state index contributed by atoms with van der Waals surface area (Å²) in [5, 5.41) is 18.3. The van der Waals surface area contributed by atoms with Gasteiger partial charge in [-0.3, -0.25) is 0 Å². The summed E-state index contributed by atoms with van der Waals surface area (Å²) in [6.07, 6.45) is 2.98. The fourth-order valence-electron chi connectivity index (χ4n) is 2.20. The molecular formula is C12H17FN2O2. The minimum atomic E-state index is -0.428. The number of aliphatic hydroxyl groups is 2. The molecule has 0 bridgehead atoms. The van der Waals surface area contributed by atoms with Gasteiger partial charge in [-0.15, -0.1) is 0 Å². The number of anilines is 1. The van der Waals surface area contributed by atoms with Gasteiger partial charge in [0.15, 0.2) is 0 Å². The molecule has 1 aliphatic rings. The lowest BCUT2D eigenvalue weighted by Crippen LogP contribution is -2.35. The molecule has 2 N–H and O–H groups in total. The number of pyridine rings is 1. The van der Waals surface area contributed by atoms with Crippen LogP contribution in [-0.2, 0) is 6.61 Å². The molecule has 2 rings (SSSR count). The summed E-state index contributed by atoms with van der Waals surface area (Å²) in [5.74, 6) is 0.581. The van der Waals surface area contributed by atoms with E-state index in [1.165, 1.54) is 12.3 Å². The van der Waals surface area contributed by atoms with Crippen molar-refractivity contribution in [2.24, 2.45) is 5.92 Å². The van der Waals surface area contributed by atoms with Crippen molar-refractivity contribution in [3.05, 3.63) is 23.6 Å². The van der Waals surface area contributed by atoms with E-state index in [1.54, 1.807) is 0 Å². The largest absolute Gasteiger partial charge is 0.396 e. The van der Waals surface area contributed by atoms with E-state index >= 15 is 0 Å². The number of piperidine rings is 1. The van der Waals surface area contributed by atoms with Gasteiger partial charge < -0.3 is 15.1 Å². The molecule has 17 heavy (non-hydrogen) atoms. The van der Waals surface area contributed by atoms with Crippen molar-refractivity contribution in [3.8, 4) is 0 Å². The summed E-state index contributed by atoms with van der Waals surface area (Å²) in [4.78, 5) is 6.09. The summed E-state index contributed by atoms with van der Waals surface area (Å²) >= 11 is 0. The lowest BCUT2D eigenvalue weighted by molar-refractivity contribution is 0.202. The second kappa shape index (κ2) is 5.42. The first-order valence-electron chi connectivity index (χ1n) is 5.85. The number of halogens is 1. The Morgan fingerprint density at radius 1 is 1.35 bits per heavy atom. The fraction of sp³-hybridized carbons (Fsp3) is 0.583. The molecule has 0 radical (unpaired) electrons. The van der Waals surface area contributed by atoms with E-state index in [4.69, 9.17) is 5.11 Å². The monoisotopic (exact) mass is 240 g/mol. The molecule has 1 aliphatic heterocycles. The van der Waals surface area contributed by atoms with Crippen LogP contribution < -0.4 is 4.90 Å². The first-order chi connectivity index (χ1) is 8.24. The number of hydrogen-bond donors (Lipinski definition) is 2. The molecule has 94 valence electrons. The quantitative estimate of drug-likeness (QED) is 0.825. The first-order valence-corrected chi connectivity index (χ1v) is 5.85. The lowest BCUT2D eigenvalue weighted by Gasteiger charge is -2.32. The molecule has 2 heterocycles. The van der Waals surface area contributed by atoms with Gasteiger partial charge in [0.1, 0.15) is 11.6 Å². The molecule has 4 nitrogen and oxygen atoms in total. The van der Waals surface area contributed by atoms with E-state index in [9.17, 15) is 9.50 Å². The molecule has 0 spiro atoms. The van der Waals surface area contributed by atoms with Gasteiger partial charge in [0.2, 0.25) is 0 Å². The Bertz CT molecular complexity index is 379. The third-order valence-electron chi connectivity index (χ3n) is 3.25. The van der Waals surface area contributed by atoms with E-state index < -0.39 is 5.82 Å².